The summed E-state index contributed by atoms with van der Waals surface area (Å²) < 4.78 is 4.62. The van der Waals surface area contributed by atoms with E-state index in [0.29, 0.717) is 0 Å². The third-order valence-corrected chi connectivity index (χ3v) is 0.941. The fourth-order valence-electron chi connectivity index (χ4n) is 0.224. The monoisotopic (exact) mass is 136 g/mol. The largest absolute Gasteiger partial charge is 0.499 e. The lowest BCUT2D eigenvalue weighted by Crippen LogP contribution is -2.14. The van der Waals surface area contributed by atoms with E-state index in [1.807, 2.05) is 0 Å². The number of aliphatic hydroxyl groups is 1. The van der Waals surface area contributed by atoms with E-state index in [0.717, 1.165) is 0 Å². The van der Waals surface area contributed by atoms with Gasteiger partial charge in [0.25, 0.3) is 0 Å². The van der Waals surface area contributed by atoms with Gasteiger partial charge in [-0.3, -0.25) is 0 Å². The summed E-state index contributed by atoms with van der Waals surface area (Å²) in [5.41, 5.74) is 0. The van der Waals surface area contributed by atoms with Crippen LogP contribution < -0.4 is 0 Å². The van der Waals surface area contributed by atoms with Gasteiger partial charge in [-0.05, 0) is 0 Å². The number of aliphatic hydroxyl groups excluding tert-OH is 1. The maximum atomic E-state index is 8.68. The Bertz CT molecular complexity index is 65.4. The molecule has 0 spiro atoms. The molecule has 0 aromatic rings. The molecule has 0 aliphatic carbocycles. The molecule has 0 saturated carbocycles. The molecule has 0 aliphatic rings. The Morgan fingerprint density at radius 2 is 2.50 bits per heavy atom. The quantitative estimate of drug-likeness (QED) is 0.457. The van der Waals surface area contributed by atoms with E-state index in [1.165, 1.54) is 6.26 Å². The second-order valence-corrected chi connectivity index (χ2v) is 1.62. The summed E-state index contributed by atoms with van der Waals surface area (Å²) in [6.45, 7) is 3.52. The van der Waals surface area contributed by atoms with Crippen LogP contribution in [0.4, 0.5) is 0 Å². The predicted molar refractivity (Wildman–Crippen MR) is 32.9 cm³/mol. The van der Waals surface area contributed by atoms with E-state index in [-0.39, 0.29) is 12.5 Å². The van der Waals surface area contributed by atoms with Crippen LogP contribution in [0.2, 0.25) is 0 Å². The molecule has 1 N–H and O–H groups in total. The van der Waals surface area contributed by atoms with Crippen molar-refractivity contribution in [3.05, 3.63) is 12.8 Å². The molecule has 2 nitrogen and oxygen atoms in total. The van der Waals surface area contributed by atoms with Gasteiger partial charge in [0.1, 0.15) is 12.7 Å². The average Bonchev–Trinajstić information content (AvgIpc) is 1.83. The highest BCUT2D eigenvalue weighted by Crippen LogP contribution is 1.87. The Morgan fingerprint density at radius 1 is 1.88 bits per heavy atom. The van der Waals surface area contributed by atoms with Crippen LogP contribution in [-0.4, -0.2) is 23.7 Å². The summed E-state index contributed by atoms with van der Waals surface area (Å²) in [4.78, 5) is 0. The van der Waals surface area contributed by atoms with Crippen LogP contribution in [-0.2, 0) is 4.74 Å². The summed E-state index contributed by atoms with van der Waals surface area (Å²) in [5.74, 6) is 0.202. The molecule has 1 atom stereocenters. The molecule has 0 bridgehead atoms. The zero-order chi connectivity index (χ0) is 6.41. The van der Waals surface area contributed by atoms with E-state index in [2.05, 4.69) is 11.3 Å². The van der Waals surface area contributed by atoms with Gasteiger partial charge in [0.15, 0.2) is 0 Å². The minimum absolute atomic E-state index is 0.202. The van der Waals surface area contributed by atoms with E-state index in [4.69, 9.17) is 16.7 Å². The first-order valence-corrected chi connectivity index (χ1v) is 2.81. The molecule has 0 fully saturated rings. The van der Waals surface area contributed by atoms with Crippen molar-refractivity contribution in [1.82, 2.24) is 0 Å². The fraction of sp³-hybridized carbons (Fsp3) is 0.600. The molecular formula is C5H9ClO2. The molecule has 0 aliphatic heterocycles. The van der Waals surface area contributed by atoms with Crippen LogP contribution in [0.15, 0.2) is 12.8 Å². The second kappa shape index (κ2) is 4.94. The van der Waals surface area contributed by atoms with Crippen molar-refractivity contribution in [2.24, 2.45) is 0 Å². The number of halogens is 1. The van der Waals surface area contributed by atoms with Crippen molar-refractivity contribution in [3.63, 3.8) is 0 Å². The molecule has 0 aromatic carbocycles. The van der Waals surface area contributed by atoms with Gasteiger partial charge in [-0.2, -0.15) is 0 Å². The first-order valence-electron chi connectivity index (χ1n) is 2.27. The average molecular weight is 137 g/mol. The topological polar surface area (TPSA) is 29.5 Å². The van der Waals surface area contributed by atoms with Gasteiger partial charge in [-0.15, -0.1) is 11.6 Å². The van der Waals surface area contributed by atoms with Crippen molar-refractivity contribution in [3.8, 4) is 0 Å². The lowest BCUT2D eigenvalue weighted by Gasteiger charge is -2.03. The Kier molecular flexibility index (Phi) is 4.81. The number of rotatable bonds is 4. The molecule has 48 valence electrons. The molecule has 0 saturated heterocycles. The Hall–Kier alpha value is -0.210. The van der Waals surface area contributed by atoms with Crippen LogP contribution >= 0.6 is 11.6 Å². The molecule has 3 heteroatoms. The summed E-state index contributed by atoms with van der Waals surface area (Å²) in [5, 5.41) is 8.68. The molecule has 1 unspecified atom stereocenters. The lowest BCUT2D eigenvalue weighted by atomic mass is 10.4. The maximum Gasteiger partial charge on any atom is 0.114 e. The standard InChI is InChI=1S/C5H9ClO2/c1-2-8-4-5(7)3-6/h2,5,7H,1,3-4H2. The zero-order valence-corrected chi connectivity index (χ0v) is 5.27. The molecule has 0 radical (unpaired) electrons. The van der Waals surface area contributed by atoms with Gasteiger partial charge in [-0.1, -0.05) is 6.58 Å². The van der Waals surface area contributed by atoms with Crippen molar-refractivity contribution in [1.29, 1.82) is 0 Å². The normalized spacial score (nSPS) is 12.8. The summed E-state index contributed by atoms with van der Waals surface area (Å²) in [6.07, 6.45) is 0.699. The van der Waals surface area contributed by atoms with Crippen LogP contribution in [0.1, 0.15) is 0 Å². The van der Waals surface area contributed by atoms with Crippen molar-refractivity contribution < 1.29 is 9.84 Å². The van der Waals surface area contributed by atoms with Crippen molar-refractivity contribution in [2.75, 3.05) is 12.5 Å². The highest BCUT2D eigenvalue weighted by atomic mass is 35.5. The van der Waals surface area contributed by atoms with Gasteiger partial charge in [-0.25, -0.2) is 0 Å². The molecule has 0 heterocycles. The summed E-state index contributed by atoms with van der Waals surface area (Å²) >= 11 is 5.22. The Labute approximate surface area is 53.7 Å². The molecule has 8 heavy (non-hydrogen) atoms. The number of hydrogen-bond acceptors (Lipinski definition) is 2. The third kappa shape index (κ3) is 3.96. The van der Waals surface area contributed by atoms with Gasteiger partial charge >= 0.3 is 0 Å². The van der Waals surface area contributed by atoms with Crippen LogP contribution in [0.5, 0.6) is 0 Å². The van der Waals surface area contributed by atoms with E-state index in [9.17, 15) is 0 Å². The van der Waals surface area contributed by atoms with Crippen LogP contribution in [0.3, 0.4) is 0 Å². The smallest absolute Gasteiger partial charge is 0.114 e. The molecule has 0 rings (SSSR count). The van der Waals surface area contributed by atoms with Gasteiger partial charge in [0.2, 0.25) is 0 Å². The van der Waals surface area contributed by atoms with Crippen molar-refractivity contribution >= 4 is 11.6 Å². The highest BCUT2D eigenvalue weighted by Gasteiger charge is 1.98. The first-order chi connectivity index (χ1) is 3.81. The number of ether oxygens (including phenoxy) is 1. The summed E-state index contributed by atoms with van der Waals surface area (Å²) in [6, 6.07) is 0. The number of alkyl halides is 1. The molecule has 0 amide bonds. The molecule has 0 aromatic heterocycles. The zero-order valence-electron chi connectivity index (χ0n) is 4.51. The number of hydrogen-bond donors (Lipinski definition) is 1. The predicted octanol–water partition coefficient (Wildman–Crippen LogP) is 0.746. The van der Waals surface area contributed by atoms with E-state index >= 15 is 0 Å². The lowest BCUT2D eigenvalue weighted by molar-refractivity contribution is 0.100. The van der Waals surface area contributed by atoms with E-state index < -0.39 is 6.10 Å². The Balaban J connectivity index is 2.97. The fourth-order valence-corrected chi connectivity index (χ4v) is 0.313. The van der Waals surface area contributed by atoms with Gasteiger partial charge in [0, 0.05) is 0 Å². The SMILES string of the molecule is C=COCC(O)CCl. The first kappa shape index (κ1) is 7.79. The van der Waals surface area contributed by atoms with Crippen LogP contribution in [0.25, 0.3) is 0 Å². The Morgan fingerprint density at radius 3 is 2.88 bits per heavy atom. The highest BCUT2D eigenvalue weighted by molar-refractivity contribution is 6.18. The van der Waals surface area contributed by atoms with E-state index in [1.54, 1.807) is 0 Å². The van der Waals surface area contributed by atoms with Gasteiger partial charge in [0.05, 0.1) is 12.1 Å². The minimum Gasteiger partial charge on any atom is -0.499 e. The van der Waals surface area contributed by atoms with Crippen molar-refractivity contribution in [2.45, 2.75) is 6.10 Å². The third-order valence-electron chi connectivity index (χ3n) is 0.585. The minimum atomic E-state index is -0.574. The summed E-state index contributed by atoms with van der Waals surface area (Å²) in [7, 11) is 0. The molecular weight excluding hydrogens is 128 g/mol. The second-order valence-electron chi connectivity index (χ2n) is 1.31. The maximum absolute atomic E-state index is 8.68. The van der Waals surface area contributed by atoms with Gasteiger partial charge < -0.3 is 9.84 Å². The van der Waals surface area contributed by atoms with Crippen LogP contribution in [0, 0.1) is 0 Å².